The molecule has 3 rings (SSSR count). The number of nitrogens with one attached hydrogen (secondary N) is 1. The third-order valence-electron chi connectivity index (χ3n) is 3.53. The number of carbonyl (C=O) groups excluding carboxylic acids is 1. The van der Waals surface area contributed by atoms with Crippen LogP contribution in [0.25, 0.3) is 11.4 Å². The van der Waals surface area contributed by atoms with Gasteiger partial charge in [0.25, 0.3) is 5.69 Å². The van der Waals surface area contributed by atoms with Gasteiger partial charge in [0.15, 0.2) is 5.82 Å². The lowest BCUT2D eigenvalue weighted by molar-refractivity contribution is -0.383. The summed E-state index contributed by atoms with van der Waals surface area (Å²) in [5.41, 5.74) is 0.474. The van der Waals surface area contributed by atoms with Crippen LogP contribution in [0.4, 0.5) is 11.4 Å². The number of nitro benzene ring substituents is 1. The van der Waals surface area contributed by atoms with E-state index in [1.165, 1.54) is 22.9 Å². The number of anilines is 1. The molecule has 0 atom stereocenters. The fraction of sp³-hybridized carbons (Fsp3) is 0.0625. The van der Waals surface area contributed by atoms with Gasteiger partial charge in [-0.25, -0.2) is 4.68 Å². The molecular formula is C16H12Cl2N6O3S. The summed E-state index contributed by atoms with van der Waals surface area (Å²) < 4.78 is 1.26. The maximum Gasteiger partial charge on any atom is 0.294 e. The van der Waals surface area contributed by atoms with Gasteiger partial charge in [-0.3, -0.25) is 14.9 Å². The standard InChI is InChI=1S/C16H12Cl2N6O3S/c17-10-3-1-9(2-4-10)15-21-22-16(23(15)19)28-8-14(25)20-12-6-5-11(18)7-13(12)24(26)27/h1-7H,8,19H2,(H,20,25). The Bertz CT molecular complexity index is 1040. The number of hydrogen-bond donors (Lipinski definition) is 2. The summed E-state index contributed by atoms with van der Waals surface area (Å²) in [7, 11) is 0. The Morgan fingerprint density at radius 1 is 1.18 bits per heavy atom. The second-order valence-electron chi connectivity index (χ2n) is 5.44. The van der Waals surface area contributed by atoms with Crippen LogP contribution in [0.5, 0.6) is 0 Å². The largest absolute Gasteiger partial charge is 0.335 e. The van der Waals surface area contributed by atoms with E-state index < -0.39 is 10.8 Å². The number of aromatic nitrogens is 3. The van der Waals surface area contributed by atoms with E-state index in [0.29, 0.717) is 21.6 Å². The van der Waals surface area contributed by atoms with E-state index in [2.05, 4.69) is 15.5 Å². The zero-order chi connectivity index (χ0) is 20.3. The van der Waals surface area contributed by atoms with Crippen LogP contribution in [0.3, 0.4) is 0 Å². The van der Waals surface area contributed by atoms with Crippen molar-refractivity contribution in [3.8, 4) is 11.4 Å². The van der Waals surface area contributed by atoms with Crippen LogP contribution >= 0.6 is 35.0 Å². The van der Waals surface area contributed by atoms with Crippen LogP contribution in [0.2, 0.25) is 10.0 Å². The molecule has 1 aromatic heterocycles. The molecule has 0 radical (unpaired) electrons. The van der Waals surface area contributed by atoms with Crippen LogP contribution < -0.4 is 11.2 Å². The molecule has 0 saturated carbocycles. The lowest BCUT2D eigenvalue weighted by atomic mass is 10.2. The van der Waals surface area contributed by atoms with Crippen molar-refractivity contribution in [2.45, 2.75) is 5.16 Å². The van der Waals surface area contributed by atoms with Crippen molar-refractivity contribution in [1.82, 2.24) is 14.9 Å². The van der Waals surface area contributed by atoms with Crippen molar-refractivity contribution in [3.05, 3.63) is 62.6 Å². The molecule has 0 unspecified atom stereocenters. The minimum absolute atomic E-state index is 0.0519. The fourth-order valence-corrected chi connectivity index (χ4v) is 3.20. The number of amides is 1. The van der Waals surface area contributed by atoms with E-state index in [1.807, 2.05) is 0 Å². The number of halogens is 2. The topological polar surface area (TPSA) is 129 Å². The van der Waals surface area contributed by atoms with E-state index in [0.717, 1.165) is 11.8 Å². The van der Waals surface area contributed by atoms with Crippen molar-refractivity contribution in [2.24, 2.45) is 0 Å². The van der Waals surface area contributed by atoms with Gasteiger partial charge in [0.1, 0.15) is 5.69 Å². The molecule has 3 N–H and O–H groups in total. The number of nitrogen functional groups attached to an aromatic ring is 1. The highest BCUT2D eigenvalue weighted by atomic mass is 35.5. The Labute approximate surface area is 173 Å². The van der Waals surface area contributed by atoms with Crippen LogP contribution in [0.1, 0.15) is 0 Å². The number of nitro groups is 1. The first-order chi connectivity index (χ1) is 13.3. The van der Waals surface area contributed by atoms with Crippen LogP contribution in [0.15, 0.2) is 47.6 Å². The zero-order valence-electron chi connectivity index (χ0n) is 14.0. The van der Waals surface area contributed by atoms with Gasteiger partial charge in [0.2, 0.25) is 11.1 Å². The minimum atomic E-state index is -0.621. The Kier molecular flexibility index (Phi) is 6.02. The Morgan fingerprint density at radius 3 is 2.54 bits per heavy atom. The highest BCUT2D eigenvalue weighted by Gasteiger charge is 2.18. The Hall–Kier alpha value is -2.82. The number of nitrogens with zero attached hydrogens (tertiary/aromatic N) is 4. The van der Waals surface area contributed by atoms with E-state index in [1.54, 1.807) is 24.3 Å². The van der Waals surface area contributed by atoms with Gasteiger partial charge in [-0.05, 0) is 36.4 Å². The number of benzene rings is 2. The number of rotatable bonds is 6. The monoisotopic (exact) mass is 438 g/mol. The maximum absolute atomic E-state index is 12.2. The fourth-order valence-electron chi connectivity index (χ4n) is 2.25. The Morgan fingerprint density at radius 2 is 1.86 bits per heavy atom. The van der Waals surface area contributed by atoms with Gasteiger partial charge in [0, 0.05) is 21.7 Å². The molecule has 144 valence electrons. The molecule has 3 aromatic rings. The number of nitrogens with two attached hydrogens (primary N) is 1. The number of carbonyl (C=O) groups is 1. The first kappa shape index (κ1) is 19.9. The highest BCUT2D eigenvalue weighted by molar-refractivity contribution is 7.99. The lowest BCUT2D eigenvalue weighted by Crippen LogP contribution is -2.17. The van der Waals surface area contributed by atoms with Crippen LogP contribution in [-0.4, -0.2) is 31.5 Å². The molecule has 0 fully saturated rings. The molecule has 0 spiro atoms. The van der Waals surface area contributed by atoms with E-state index in [4.69, 9.17) is 29.0 Å². The molecule has 1 amide bonds. The van der Waals surface area contributed by atoms with Crippen LogP contribution in [0, 0.1) is 10.1 Å². The van der Waals surface area contributed by atoms with Gasteiger partial charge < -0.3 is 11.2 Å². The predicted molar refractivity (Wildman–Crippen MR) is 108 cm³/mol. The molecule has 12 heteroatoms. The third-order valence-corrected chi connectivity index (χ3v) is 4.96. The molecule has 0 aliphatic carbocycles. The summed E-state index contributed by atoms with van der Waals surface area (Å²) in [5.74, 6) is 5.87. The molecule has 1 heterocycles. The maximum atomic E-state index is 12.2. The van der Waals surface area contributed by atoms with Crippen LogP contribution in [-0.2, 0) is 4.79 Å². The summed E-state index contributed by atoms with van der Waals surface area (Å²) in [4.78, 5) is 22.6. The lowest BCUT2D eigenvalue weighted by Gasteiger charge is -2.06. The van der Waals surface area contributed by atoms with Crippen molar-refractivity contribution >= 4 is 52.2 Å². The second-order valence-corrected chi connectivity index (χ2v) is 7.25. The SMILES string of the molecule is Nn1c(SCC(=O)Nc2ccc(Cl)cc2[N+](=O)[O-])nnc1-c1ccc(Cl)cc1. The quantitative estimate of drug-likeness (QED) is 0.260. The summed E-state index contributed by atoms with van der Waals surface area (Å²) in [6, 6.07) is 10.9. The van der Waals surface area contributed by atoms with Gasteiger partial charge in [-0.15, -0.1) is 10.2 Å². The smallest absolute Gasteiger partial charge is 0.294 e. The normalized spacial score (nSPS) is 10.6. The van der Waals surface area contributed by atoms with E-state index in [-0.39, 0.29) is 22.2 Å². The van der Waals surface area contributed by atoms with E-state index in [9.17, 15) is 14.9 Å². The molecule has 0 bridgehead atoms. The van der Waals surface area contributed by atoms with Crippen molar-refractivity contribution < 1.29 is 9.72 Å². The number of thioether (sulfide) groups is 1. The van der Waals surface area contributed by atoms with Gasteiger partial charge in [0.05, 0.1) is 10.7 Å². The first-order valence-corrected chi connectivity index (χ1v) is 9.42. The molecule has 28 heavy (non-hydrogen) atoms. The minimum Gasteiger partial charge on any atom is -0.335 e. The first-order valence-electron chi connectivity index (χ1n) is 7.68. The van der Waals surface area contributed by atoms with Gasteiger partial charge in [-0.1, -0.05) is 35.0 Å². The molecule has 9 nitrogen and oxygen atoms in total. The van der Waals surface area contributed by atoms with Crippen molar-refractivity contribution in [2.75, 3.05) is 16.9 Å². The summed E-state index contributed by atoms with van der Waals surface area (Å²) in [6.45, 7) is 0. The summed E-state index contributed by atoms with van der Waals surface area (Å²) >= 11 is 12.7. The molecular weight excluding hydrogens is 427 g/mol. The number of hydrogen-bond acceptors (Lipinski definition) is 7. The van der Waals surface area contributed by atoms with Gasteiger partial charge in [-0.2, -0.15) is 0 Å². The predicted octanol–water partition coefficient (Wildman–Crippen LogP) is 3.60. The summed E-state index contributed by atoms with van der Waals surface area (Å²) in [5, 5.41) is 22.6. The van der Waals surface area contributed by atoms with E-state index >= 15 is 0 Å². The summed E-state index contributed by atoms with van der Waals surface area (Å²) in [6.07, 6.45) is 0. The second kappa shape index (κ2) is 8.46. The molecule has 0 aliphatic rings. The zero-order valence-corrected chi connectivity index (χ0v) is 16.3. The average Bonchev–Trinajstić information content (AvgIpc) is 3.02. The third kappa shape index (κ3) is 4.53. The van der Waals surface area contributed by atoms with Crippen molar-refractivity contribution in [3.63, 3.8) is 0 Å². The molecule has 2 aromatic carbocycles. The van der Waals surface area contributed by atoms with Gasteiger partial charge >= 0.3 is 0 Å². The Balaban J connectivity index is 1.67. The van der Waals surface area contributed by atoms with Crippen molar-refractivity contribution in [1.29, 1.82) is 0 Å². The highest BCUT2D eigenvalue weighted by Crippen LogP contribution is 2.28. The average molecular weight is 439 g/mol. The molecule has 0 aliphatic heterocycles. The molecule has 0 saturated heterocycles.